The molecule has 0 bridgehead atoms. The highest BCUT2D eigenvalue weighted by Gasteiger charge is 2.09. The number of hydrogen-bond donors (Lipinski definition) is 0. The molecule has 0 aromatic carbocycles. The molecular formula is C9H7N3O3. The Labute approximate surface area is 84.7 Å². The van der Waals surface area contributed by atoms with Gasteiger partial charge in [0.15, 0.2) is 0 Å². The number of nitrogens with zero attached hydrogens (tertiary/aromatic N) is 3. The van der Waals surface area contributed by atoms with Crippen LogP contribution in [0.15, 0.2) is 28.9 Å². The van der Waals surface area contributed by atoms with E-state index in [4.69, 9.17) is 4.42 Å². The van der Waals surface area contributed by atoms with Crippen LogP contribution in [-0.4, -0.2) is 14.9 Å². The molecule has 0 spiro atoms. The van der Waals surface area contributed by atoms with Crippen molar-refractivity contribution in [2.45, 2.75) is 6.92 Å². The quantitative estimate of drug-likeness (QED) is 0.552. The molecule has 0 N–H and O–H groups in total. The van der Waals surface area contributed by atoms with Crippen LogP contribution in [0, 0.1) is 17.0 Å². The van der Waals surface area contributed by atoms with Crippen molar-refractivity contribution in [2.24, 2.45) is 0 Å². The number of hydrogen-bond acceptors (Lipinski definition) is 5. The zero-order chi connectivity index (χ0) is 10.8. The van der Waals surface area contributed by atoms with Gasteiger partial charge in [-0.25, -0.2) is 9.97 Å². The highest BCUT2D eigenvalue weighted by molar-refractivity contribution is 5.48. The molecule has 15 heavy (non-hydrogen) atoms. The number of oxazole rings is 1. The number of aromatic nitrogens is 2. The lowest BCUT2D eigenvalue weighted by molar-refractivity contribution is -0.385. The second kappa shape index (κ2) is 3.49. The van der Waals surface area contributed by atoms with E-state index in [0.717, 1.165) is 0 Å². The predicted octanol–water partition coefficient (Wildman–Crippen LogP) is 1.95. The molecule has 2 heterocycles. The summed E-state index contributed by atoms with van der Waals surface area (Å²) in [6, 6.07) is 2.87. The largest absolute Gasteiger partial charge is 0.440 e. The minimum Gasteiger partial charge on any atom is -0.440 e. The summed E-state index contributed by atoms with van der Waals surface area (Å²) in [4.78, 5) is 17.7. The first-order valence-corrected chi connectivity index (χ1v) is 4.20. The first-order valence-electron chi connectivity index (χ1n) is 4.20. The molecule has 0 fully saturated rings. The summed E-state index contributed by atoms with van der Waals surface area (Å²) in [7, 11) is 0. The molecule has 76 valence electrons. The van der Waals surface area contributed by atoms with Crippen LogP contribution in [0.2, 0.25) is 0 Å². The Kier molecular flexibility index (Phi) is 2.17. The SMILES string of the molecule is Cc1cnc(-c2ccc([N+](=O)[O-])cn2)o1. The third-order valence-corrected chi connectivity index (χ3v) is 1.80. The lowest BCUT2D eigenvalue weighted by Crippen LogP contribution is -1.90. The van der Waals surface area contributed by atoms with Crippen LogP contribution in [0.25, 0.3) is 11.6 Å². The van der Waals surface area contributed by atoms with E-state index in [1.807, 2.05) is 0 Å². The lowest BCUT2D eigenvalue weighted by atomic mass is 10.3. The Morgan fingerprint density at radius 3 is 2.60 bits per heavy atom. The van der Waals surface area contributed by atoms with Crippen LogP contribution in [-0.2, 0) is 0 Å². The molecule has 0 aliphatic heterocycles. The van der Waals surface area contributed by atoms with Gasteiger partial charge < -0.3 is 4.42 Å². The predicted molar refractivity (Wildman–Crippen MR) is 51.1 cm³/mol. The monoisotopic (exact) mass is 205 g/mol. The fourth-order valence-electron chi connectivity index (χ4n) is 1.09. The van der Waals surface area contributed by atoms with Crippen molar-refractivity contribution < 1.29 is 9.34 Å². The van der Waals surface area contributed by atoms with E-state index >= 15 is 0 Å². The Morgan fingerprint density at radius 1 is 1.33 bits per heavy atom. The van der Waals surface area contributed by atoms with Crippen molar-refractivity contribution in [1.82, 2.24) is 9.97 Å². The summed E-state index contributed by atoms with van der Waals surface area (Å²) in [6.07, 6.45) is 2.74. The first kappa shape index (κ1) is 9.32. The van der Waals surface area contributed by atoms with Gasteiger partial charge in [0, 0.05) is 6.07 Å². The molecule has 0 amide bonds. The topological polar surface area (TPSA) is 82.1 Å². The molecule has 6 heteroatoms. The van der Waals surface area contributed by atoms with Gasteiger partial charge in [0.25, 0.3) is 5.69 Å². The lowest BCUT2D eigenvalue weighted by Gasteiger charge is -1.93. The number of aryl methyl sites for hydroxylation is 1. The molecule has 0 atom stereocenters. The van der Waals surface area contributed by atoms with Crippen LogP contribution in [0.4, 0.5) is 5.69 Å². The minimum atomic E-state index is -0.502. The van der Waals surface area contributed by atoms with Gasteiger partial charge in [0.1, 0.15) is 17.7 Å². The molecule has 0 unspecified atom stereocenters. The fourth-order valence-corrected chi connectivity index (χ4v) is 1.09. The van der Waals surface area contributed by atoms with Gasteiger partial charge in [-0.1, -0.05) is 0 Å². The molecular weight excluding hydrogens is 198 g/mol. The maximum absolute atomic E-state index is 10.4. The Balaban J connectivity index is 2.35. The standard InChI is InChI=1S/C9H7N3O3/c1-6-4-11-9(15-6)8-3-2-7(5-10-8)12(13)14/h2-5H,1H3. The van der Waals surface area contributed by atoms with Crippen molar-refractivity contribution in [3.8, 4) is 11.6 Å². The summed E-state index contributed by atoms with van der Waals surface area (Å²) in [5.74, 6) is 1.03. The Hall–Kier alpha value is -2.24. The molecule has 0 radical (unpaired) electrons. The molecule has 0 aliphatic rings. The third-order valence-electron chi connectivity index (χ3n) is 1.80. The normalized spacial score (nSPS) is 10.2. The van der Waals surface area contributed by atoms with Gasteiger partial charge in [-0.3, -0.25) is 10.1 Å². The minimum absolute atomic E-state index is 0.0537. The number of rotatable bonds is 2. The van der Waals surface area contributed by atoms with Gasteiger partial charge in [-0.2, -0.15) is 0 Å². The zero-order valence-corrected chi connectivity index (χ0v) is 7.88. The molecule has 6 nitrogen and oxygen atoms in total. The van der Waals surface area contributed by atoms with Crippen LogP contribution >= 0.6 is 0 Å². The van der Waals surface area contributed by atoms with Gasteiger partial charge in [-0.15, -0.1) is 0 Å². The van der Waals surface area contributed by atoms with Crippen molar-refractivity contribution in [3.63, 3.8) is 0 Å². The average Bonchev–Trinajstić information content (AvgIpc) is 2.65. The van der Waals surface area contributed by atoms with E-state index in [2.05, 4.69) is 9.97 Å². The van der Waals surface area contributed by atoms with E-state index in [1.54, 1.807) is 13.1 Å². The van der Waals surface area contributed by atoms with Gasteiger partial charge >= 0.3 is 0 Å². The maximum Gasteiger partial charge on any atom is 0.287 e. The second-order valence-corrected chi connectivity index (χ2v) is 2.93. The molecule has 2 aromatic heterocycles. The summed E-state index contributed by atoms with van der Waals surface area (Å²) >= 11 is 0. The van der Waals surface area contributed by atoms with E-state index in [1.165, 1.54) is 18.3 Å². The molecule has 0 saturated carbocycles. The average molecular weight is 205 g/mol. The van der Waals surface area contributed by atoms with Crippen molar-refractivity contribution in [3.05, 3.63) is 40.4 Å². The fraction of sp³-hybridized carbons (Fsp3) is 0.111. The summed E-state index contributed by atoms with van der Waals surface area (Å²) < 4.78 is 5.23. The van der Waals surface area contributed by atoms with Crippen LogP contribution in [0.5, 0.6) is 0 Å². The third kappa shape index (κ3) is 1.83. The van der Waals surface area contributed by atoms with Crippen molar-refractivity contribution in [2.75, 3.05) is 0 Å². The first-order chi connectivity index (χ1) is 7.16. The van der Waals surface area contributed by atoms with Crippen molar-refractivity contribution >= 4 is 5.69 Å². The van der Waals surface area contributed by atoms with E-state index in [0.29, 0.717) is 17.3 Å². The maximum atomic E-state index is 10.4. The number of pyridine rings is 1. The smallest absolute Gasteiger partial charge is 0.287 e. The Bertz CT molecular complexity index is 490. The van der Waals surface area contributed by atoms with Gasteiger partial charge in [0.05, 0.1) is 11.1 Å². The van der Waals surface area contributed by atoms with Gasteiger partial charge in [-0.05, 0) is 13.0 Å². The van der Waals surface area contributed by atoms with E-state index in [-0.39, 0.29) is 5.69 Å². The van der Waals surface area contributed by atoms with Crippen LogP contribution < -0.4 is 0 Å². The van der Waals surface area contributed by atoms with Gasteiger partial charge in [0.2, 0.25) is 5.89 Å². The van der Waals surface area contributed by atoms with Crippen LogP contribution in [0.1, 0.15) is 5.76 Å². The molecule has 2 aromatic rings. The second-order valence-electron chi connectivity index (χ2n) is 2.93. The van der Waals surface area contributed by atoms with E-state index in [9.17, 15) is 10.1 Å². The molecule has 0 saturated heterocycles. The number of nitro groups is 1. The highest BCUT2D eigenvalue weighted by atomic mass is 16.6. The van der Waals surface area contributed by atoms with Crippen molar-refractivity contribution in [1.29, 1.82) is 0 Å². The summed E-state index contributed by atoms with van der Waals surface area (Å²) in [5.41, 5.74) is 0.427. The molecule has 0 aliphatic carbocycles. The zero-order valence-electron chi connectivity index (χ0n) is 7.88. The van der Waals surface area contributed by atoms with Crippen LogP contribution in [0.3, 0.4) is 0 Å². The summed E-state index contributed by atoms with van der Waals surface area (Å²) in [6.45, 7) is 1.77. The van der Waals surface area contributed by atoms with E-state index < -0.39 is 4.92 Å². The molecule has 2 rings (SSSR count). The highest BCUT2D eigenvalue weighted by Crippen LogP contribution is 2.18. The Morgan fingerprint density at radius 2 is 2.13 bits per heavy atom. The summed E-state index contributed by atoms with van der Waals surface area (Å²) in [5, 5.41) is 10.4.